The summed E-state index contributed by atoms with van der Waals surface area (Å²) in [6.07, 6.45) is 1.60. The van der Waals surface area contributed by atoms with Crippen LogP contribution in [0.2, 0.25) is 0 Å². The molecule has 1 atom stereocenters. The quantitative estimate of drug-likeness (QED) is 0.914. The highest BCUT2D eigenvalue weighted by molar-refractivity contribution is 5.74. The zero-order valence-electron chi connectivity index (χ0n) is 13.4. The summed E-state index contributed by atoms with van der Waals surface area (Å²) in [6.45, 7) is 5.17. The molecule has 0 saturated carbocycles. The molecule has 23 heavy (non-hydrogen) atoms. The van der Waals surface area contributed by atoms with E-state index in [9.17, 15) is 9.18 Å². The normalized spacial score (nSPS) is 15.2. The number of benzene rings is 1. The number of nitrogens with zero attached hydrogens (tertiary/aromatic N) is 2. The average molecular weight is 316 g/mol. The first-order chi connectivity index (χ1) is 11.1. The summed E-state index contributed by atoms with van der Waals surface area (Å²) in [4.78, 5) is 21.8. The molecule has 0 saturated heterocycles. The first-order valence-corrected chi connectivity index (χ1v) is 7.96. The van der Waals surface area contributed by atoms with Gasteiger partial charge >= 0.3 is 6.03 Å². The van der Waals surface area contributed by atoms with Gasteiger partial charge in [-0.3, -0.25) is 0 Å². The van der Waals surface area contributed by atoms with Crippen molar-refractivity contribution in [3.8, 4) is 11.4 Å². The van der Waals surface area contributed by atoms with Crippen LogP contribution >= 0.6 is 0 Å². The molecule has 2 N–H and O–H groups in total. The number of H-pyrrole nitrogens is 1. The zero-order valence-corrected chi connectivity index (χ0v) is 13.4. The molecule has 3 rings (SSSR count). The summed E-state index contributed by atoms with van der Waals surface area (Å²) >= 11 is 0. The van der Waals surface area contributed by atoms with Crippen LogP contribution in [0.5, 0.6) is 0 Å². The Morgan fingerprint density at radius 2 is 2.35 bits per heavy atom. The van der Waals surface area contributed by atoms with Gasteiger partial charge in [-0.25, -0.2) is 14.2 Å². The third-order valence-electron chi connectivity index (χ3n) is 4.20. The van der Waals surface area contributed by atoms with Crippen LogP contribution in [-0.4, -0.2) is 33.5 Å². The molecular weight excluding hydrogens is 295 g/mol. The lowest BCUT2D eigenvalue weighted by Gasteiger charge is -2.27. The van der Waals surface area contributed by atoms with Gasteiger partial charge in [0, 0.05) is 24.6 Å². The summed E-state index contributed by atoms with van der Waals surface area (Å²) in [5.41, 5.74) is 2.60. The molecule has 2 amide bonds. The molecule has 1 aromatic carbocycles. The molecule has 5 nitrogen and oxygen atoms in total. The smallest absolute Gasteiger partial charge is 0.317 e. The fourth-order valence-electron chi connectivity index (χ4n) is 2.64. The van der Waals surface area contributed by atoms with E-state index in [1.165, 1.54) is 12.1 Å². The van der Waals surface area contributed by atoms with E-state index in [2.05, 4.69) is 15.3 Å². The third kappa shape index (κ3) is 3.36. The molecule has 122 valence electrons. The Balaban J connectivity index is 1.76. The zero-order chi connectivity index (χ0) is 16.4. The van der Waals surface area contributed by atoms with Crippen molar-refractivity contribution < 1.29 is 9.18 Å². The number of aromatic nitrogens is 2. The number of amides is 2. The number of carbonyl (C=O) groups excluding carboxylic acids is 1. The molecule has 1 aliphatic heterocycles. The van der Waals surface area contributed by atoms with E-state index in [-0.39, 0.29) is 17.9 Å². The molecular formula is C17H21FN4O. The SMILES string of the molecule is CC[C@@H](C)NC(=O)N1CCc2nc(-c3cccc(F)c3)[nH]c2C1. The van der Waals surface area contributed by atoms with Crippen LogP contribution in [0.4, 0.5) is 9.18 Å². The van der Waals surface area contributed by atoms with Crippen LogP contribution in [0.25, 0.3) is 11.4 Å². The molecule has 0 unspecified atom stereocenters. The highest BCUT2D eigenvalue weighted by Crippen LogP contribution is 2.23. The van der Waals surface area contributed by atoms with Gasteiger partial charge in [-0.2, -0.15) is 0 Å². The Bertz CT molecular complexity index is 712. The van der Waals surface area contributed by atoms with Crippen molar-refractivity contribution in [1.82, 2.24) is 20.2 Å². The Hall–Kier alpha value is -2.37. The summed E-state index contributed by atoms with van der Waals surface area (Å²) in [5.74, 6) is 0.366. The summed E-state index contributed by atoms with van der Waals surface area (Å²) < 4.78 is 13.4. The summed E-state index contributed by atoms with van der Waals surface area (Å²) in [5, 5.41) is 2.98. The second-order valence-corrected chi connectivity index (χ2v) is 5.95. The maximum absolute atomic E-state index is 13.4. The number of aromatic amines is 1. The highest BCUT2D eigenvalue weighted by Gasteiger charge is 2.24. The predicted octanol–water partition coefficient (Wildman–Crippen LogP) is 3.08. The van der Waals surface area contributed by atoms with Gasteiger partial charge in [-0.15, -0.1) is 0 Å². The minimum atomic E-state index is -0.286. The summed E-state index contributed by atoms with van der Waals surface area (Å²) in [7, 11) is 0. The van der Waals surface area contributed by atoms with Crippen molar-refractivity contribution in [2.45, 2.75) is 39.3 Å². The number of urea groups is 1. The van der Waals surface area contributed by atoms with Crippen LogP contribution in [-0.2, 0) is 13.0 Å². The Kier molecular flexibility index (Phi) is 4.32. The second-order valence-electron chi connectivity index (χ2n) is 5.95. The largest absolute Gasteiger partial charge is 0.340 e. The van der Waals surface area contributed by atoms with Crippen molar-refractivity contribution >= 4 is 6.03 Å². The molecule has 0 fully saturated rings. The molecule has 0 spiro atoms. The van der Waals surface area contributed by atoms with E-state index in [0.717, 1.165) is 23.4 Å². The molecule has 1 aromatic heterocycles. The van der Waals surface area contributed by atoms with E-state index < -0.39 is 0 Å². The lowest BCUT2D eigenvalue weighted by Crippen LogP contribution is -2.45. The lowest BCUT2D eigenvalue weighted by atomic mass is 10.1. The van der Waals surface area contributed by atoms with Crippen molar-refractivity contribution in [2.24, 2.45) is 0 Å². The third-order valence-corrected chi connectivity index (χ3v) is 4.20. The number of hydrogen-bond donors (Lipinski definition) is 2. The molecule has 0 bridgehead atoms. The van der Waals surface area contributed by atoms with Gasteiger partial charge in [-0.05, 0) is 25.5 Å². The Labute approximate surface area is 134 Å². The summed E-state index contributed by atoms with van der Waals surface area (Å²) in [6, 6.07) is 6.46. The maximum atomic E-state index is 13.4. The molecule has 6 heteroatoms. The van der Waals surface area contributed by atoms with E-state index in [1.807, 2.05) is 19.9 Å². The van der Waals surface area contributed by atoms with Gasteiger partial charge in [-0.1, -0.05) is 19.1 Å². The van der Waals surface area contributed by atoms with Crippen LogP contribution in [0.3, 0.4) is 0 Å². The number of halogens is 1. The number of carbonyl (C=O) groups is 1. The fraction of sp³-hybridized carbons (Fsp3) is 0.412. The van der Waals surface area contributed by atoms with Gasteiger partial charge < -0.3 is 15.2 Å². The molecule has 0 aliphatic carbocycles. The van der Waals surface area contributed by atoms with Crippen LogP contribution in [0.1, 0.15) is 31.7 Å². The van der Waals surface area contributed by atoms with Crippen molar-refractivity contribution in [1.29, 1.82) is 0 Å². The number of rotatable bonds is 3. The predicted molar refractivity (Wildman–Crippen MR) is 86.4 cm³/mol. The maximum Gasteiger partial charge on any atom is 0.317 e. The van der Waals surface area contributed by atoms with Crippen LogP contribution < -0.4 is 5.32 Å². The van der Waals surface area contributed by atoms with Crippen molar-refractivity contribution in [3.63, 3.8) is 0 Å². The number of nitrogens with one attached hydrogen (secondary N) is 2. The van der Waals surface area contributed by atoms with E-state index >= 15 is 0 Å². The van der Waals surface area contributed by atoms with Crippen molar-refractivity contribution in [2.75, 3.05) is 6.54 Å². The van der Waals surface area contributed by atoms with Gasteiger partial charge in [0.05, 0.1) is 17.9 Å². The van der Waals surface area contributed by atoms with Gasteiger partial charge in [0.25, 0.3) is 0 Å². The number of hydrogen-bond acceptors (Lipinski definition) is 2. The van der Waals surface area contributed by atoms with Crippen LogP contribution in [0.15, 0.2) is 24.3 Å². The highest BCUT2D eigenvalue weighted by atomic mass is 19.1. The monoisotopic (exact) mass is 316 g/mol. The van der Waals surface area contributed by atoms with E-state index in [0.29, 0.717) is 25.3 Å². The standard InChI is InChI=1S/C17H21FN4O/c1-3-11(2)19-17(23)22-8-7-14-15(10-22)21-16(20-14)12-5-4-6-13(18)9-12/h4-6,9,11H,3,7-8,10H2,1-2H3,(H,19,23)(H,20,21)/t11-/m1/s1. The topological polar surface area (TPSA) is 61.0 Å². The Morgan fingerprint density at radius 1 is 1.52 bits per heavy atom. The van der Waals surface area contributed by atoms with Gasteiger partial charge in [0.2, 0.25) is 0 Å². The minimum Gasteiger partial charge on any atom is -0.340 e. The minimum absolute atomic E-state index is 0.0492. The first-order valence-electron chi connectivity index (χ1n) is 7.96. The first kappa shape index (κ1) is 15.5. The molecule has 1 aliphatic rings. The number of fused-ring (bicyclic) bond motifs is 1. The fourth-order valence-corrected chi connectivity index (χ4v) is 2.64. The molecule has 2 aromatic rings. The van der Waals surface area contributed by atoms with Gasteiger partial charge in [0.1, 0.15) is 11.6 Å². The lowest BCUT2D eigenvalue weighted by molar-refractivity contribution is 0.188. The van der Waals surface area contributed by atoms with Crippen molar-refractivity contribution in [3.05, 3.63) is 41.5 Å². The van der Waals surface area contributed by atoms with Gasteiger partial charge in [0.15, 0.2) is 0 Å². The number of imidazole rings is 1. The average Bonchev–Trinajstić information content (AvgIpc) is 2.97. The van der Waals surface area contributed by atoms with E-state index in [4.69, 9.17) is 0 Å². The Morgan fingerprint density at radius 3 is 3.09 bits per heavy atom. The second kappa shape index (κ2) is 6.40. The van der Waals surface area contributed by atoms with Crippen LogP contribution in [0, 0.1) is 5.82 Å². The molecule has 0 radical (unpaired) electrons. The molecule has 2 heterocycles. The van der Waals surface area contributed by atoms with E-state index in [1.54, 1.807) is 11.0 Å².